The first-order valence-electron chi connectivity index (χ1n) is 10.4. The summed E-state index contributed by atoms with van der Waals surface area (Å²) < 4.78 is 48.0. The number of hydrogen-bond acceptors (Lipinski definition) is 6. The van der Waals surface area contributed by atoms with Crippen LogP contribution in [-0.2, 0) is 5.41 Å². The van der Waals surface area contributed by atoms with Crippen LogP contribution in [0.2, 0.25) is 0 Å². The number of halogens is 3. The molecule has 2 aliphatic rings. The zero-order valence-electron chi connectivity index (χ0n) is 17.0. The first-order valence-corrected chi connectivity index (χ1v) is 10.4. The molecule has 5 rings (SSSR count). The van der Waals surface area contributed by atoms with Gasteiger partial charge < -0.3 is 15.4 Å². The van der Waals surface area contributed by atoms with Crippen LogP contribution < -0.4 is 15.4 Å². The van der Waals surface area contributed by atoms with Crippen molar-refractivity contribution < 1.29 is 17.9 Å². The molecule has 0 spiro atoms. The molecule has 4 heterocycles. The Labute approximate surface area is 177 Å². The molecule has 2 fully saturated rings. The Bertz CT molecular complexity index is 1100. The maximum atomic E-state index is 13.8. The molecule has 3 aromatic rings. The number of alkyl halides is 3. The van der Waals surface area contributed by atoms with Gasteiger partial charge in [0.05, 0.1) is 19.0 Å². The highest BCUT2D eigenvalue weighted by Gasteiger charge is 2.66. The number of fused-ring (bicyclic) bond motifs is 1. The number of anilines is 1. The number of nitrogens with one attached hydrogen (secondary N) is 2. The molecule has 0 bridgehead atoms. The number of hydrogen-bond donors (Lipinski definition) is 2. The molecule has 31 heavy (non-hydrogen) atoms. The molecule has 10 heteroatoms. The first-order chi connectivity index (χ1) is 14.9. The van der Waals surface area contributed by atoms with Crippen LogP contribution in [0.5, 0.6) is 5.75 Å². The summed E-state index contributed by atoms with van der Waals surface area (Å²) in [6.07, 6.45) is -0.658. The van der Waals surface area contributed by atoms with E-state index in [1.807, 2.05) is 12.1 Å². The Balaban J connectivity index is 1.54. The number of imidazole rings is 1. The lowest BCUT2D eigenvalue weighted by atomic mass is 10.0. The van der Waals surface area contributed by atoms with Crippen LogP contribution in [0.4, 0.5) is 19.0 Å². The van der Waals surface area contributed by atoms with Gasteiger partial charge in [0, 0.05) is 18.7 Å². The monoisotopic (exact) mass is 432 g/mol. The molecule has 2 N–H and O–H groups in total. The highest BCUT2D eigenvalue weighted by atomic mass is 19.4. The van der Waals surface area contributed by atoms with Crippen molar-refractivity contribution in [1.82, 2.24) is 24.9 Å². The van der Waals surface area contributed by atoms with Crippen LogP contribution in [0.1, 0.15) is 31.4 Å². The Hall–Kier alpha value is -2.88. The normalized spacial score (nSPS) is 20.6. The molecule has 7 nitrogen and oxygen atoms in total. The lowest BCUT2D eigenvalue weighted by molar-refractivity contribution is -0.162. The van der Waals surface area contributed by atoms with E-state index in [0.717, 1.165) is 25.9 Å². The van der Waals surface area contributed by atoms with Crippen molar-refractivity contribution in [2.75, 3.05) is 25.5 Å². The number of pyridine rings is 1. The van der Waals surface area contributed by atoms with E-state index in [0.29, 0.717) is 22.9 Å². The van der Waals surface area contributed by atoms with Crippen molar-refractivity contribution in [2.24, 2.45) is 0 Å². The van der Waals surface area contributed by atoms with Gasteiger partial charge in [0.25, 0.3) is 0 Å². The average Bonchev–Trinajstić information content (AvgIpc) is 3.48. The van der Waals surface area contributed by atoms with Crippen molar-refractivity contribution in [3.8, 4) is 17.1 Å². The van der Waals surface area contributed by atoms with Crippen molar-refractivity contribution in [2.45, 2.75) is 43.3 Å². The second-order valence-corrected chi connectivity index (χ2v) is 8.15. The molecule has 1 unspecified atom stereocenters. The van der Waals surface area contributed by atoms with Crippen LogP contribution in [0.15, 0.2) is 30.5 Å². The van der Waals surface area contributed by atoms with Crippen LogP contribution in [-0.4, -0.2) is 52.0 Å². The summed E-state index contributed by atoms with van der Waals surface area (Å²) in [5.74, 6) is 0.816. The number of ether oxygens (including phenoxy) is 1. The predicted octanol–water partition coefficient (Wildman–Crippen LogP) is 3.56. The quantitative estimate of drug-likeness (QED) is 0.642. The highest BCUT2D eigenvalue weighted by Crippen LogP contribution is 2.60. The molecule has 1 saturated heterocycles. The van der Waals surface area contributed by atoms with Crippen LogP contribution >= 0.6 is 0 Å². The zero-order valence-corrected chi connectivity index (χ0v) is 17.0. The Morgan fingerprint density at radius 3 is 2.81 bits per heavy atom. The summed E-state index contributed by atoms with van der Waals surface area (Å²) in [4.78, 5) is 8.99. The molecular weight excluding hydrogens is 409 g/mol. The number of rotatable bonds is 5. The summed E-state index contributed by atoms with van der Waals surface area (Å²) in [6, 6.07) is 7.34. The maximum Gasteiger partial charge on any atom is 0.400 e. The summed E-state index contributed by atoms with van der Waals surface area (Å²) in [6.45, 7) is 1.89. The van der Waals surface area contributed by atoms with E-state index in [9.17, 15) is 13.2 Å². The molecule has 0 amide bonds. The second kappa shape index (κ2) is 7.37. The summed E-state index contributed by atoms with van der Waals surface area (Å²) in [7, 11) is 1.35. The Kier molecular flexibility index (Phi) is 4.76. The molecule has 164 valence electrons. The van der Waals surface area contributed by atoms with Gasteiger partial charge in [-0.3, -0.25) is 0 Å². The van der Waals surface area contributed by atoms with Gasteiger partial charge in [-0.05, 0) is 44.4 Å². The van der Waals surface area contributed by atoms with Crippen molar-refractivity contribution in [1.29, 1.82) is 0 Å². The standard InChI is InChI=1S/C21H23F3N6O/c1-31-16-10-18-26-12-15(30(18)29-19(16)20(7-8-20)21(22,23)24)14-5-2-6-17(28-14)27-13-4-3-9-25-11-13/h2,5-6,10,12-13,25H,3-4,7-9,11H2,1H3,(H,27,28). The van der Waals surface area contributed by atoms with Gasteiger partial charge in [-0.25, -0.2) is 14.5 Å². The third kappa shape index (κ3) is 3.48. The van der Waals surface area contributed by atoms with E-state index in [4.69, 9.17) is 4.74 Å². The average molecular weight is 432 g/mol. The second-order valence-electron chi connectivity index (χ2n) is 8.15. The number of methoxy groups -OCH3 is 1. The smallest absolute Gasteiger partial charge is 0.400 e. The van der Waals surface area contributed by atoms with Crippen molar-refractivity contribution >= 4 is 11.5 Å². The van der Waals surface area contributed by atoms with Gasteiger partial charge in [-0.2, -0.15) is 18.3 Å². The predicted molar refractivity (Wildman–Crippen MR) is 109 cm³/mol. The fourth-order valence-electron chi connectivity index (χ4n) is 4.18. The molecule has 0 radical (unpaired) electrons. The van der Waals surface area contributed by atoms with E-state index in [1.165, 1.54) is 17.7 Å². The van der Waals surface area contributed by atoms with Crippen LogP contribution in [0.3, 0.4) is 0 Å². The fourth-order valence-corrected chi connectivity index (χ4v) is 4.18. The Morgan fingerprint density at radius 1 is 1.29 bits per heavy atom. The SMILES string of the molecule is COc1cc2ncc(-c3cccc(NC4CCCNC4)n3)n2nc1C1(C(F)(F)F)CC1. The minimum absolute atomic E-state index is 0.00246. The highest BCUT2D eigenvalue weighted by molar-refractivity contribution is 5.63. The van der Waals surface area contributed by atoms with Crippen molar-refractivity contribution in [3.05, 3.63) is 36.2 Å². The lowest BCUT2D eigenvalue weighted by Crippen LogP contribution is -2.38. The van der Waals surface area contributed by atoms with E-state index in [-0.39, 0.29) is 30.3 Å². The summed E-state index contributed by atoms with van der Waals surface area (Å²) in [5, 5.41) is 11.1. The van der Waals surface area contributed by atoms with Gasteiger partial charge in [0.15, 0.2) is 5.65 Å². The number of aromatic nitrogens is 4. The van der Waals surface area contributed by atoms with E-state index in [1.54, 1.807) is 12.3 Å². The minimum Gasteiger partial charge on any atom is -0.495 e. The zero-order chi connectivity index (χ0) is 21.6. The van der Waals surface area contributed by atoms with Gasteiger partial charge >= 0.3 is 6.18 Å². The molecule has 1 saturated carbocycles. The third-order valence-electron chi connectivity index (χ3n) is 6.08. The topological polar surface area (TPSA) is 76.4 Å². The molecule has 3 aromatic heterocycles. The molecule has 1 aliphatic heterocycles. The van der Waals surface area contributed by atoms with Crippen molar-refractivity contribution in [3.63, 3.8) is 0 Å². The van der Waals surface area contributed by atoms with Gasteiger partial charge in [-0.15, -0.1) is 0 Å². The largest absolute Gasteiger partial charge is 0.495 e. The molecule has 0 aromatic carbocycles. The maximum absolute atomic E-state index is 13.8. The fraction of sp³-hybridized carbons (Fsp3) is 0.476. The van der Waals surface area contributed by atoms with E-state index in [2.05, 4.69) is 25.7 Å². The number of piperidine rings is 1. The lowest BCUT2D eigenvalue weighted by Gasteiger charge is -2.24. The minimum atomic E-state index is -4.39. The third-order valence-corrected chi connectivity index (χ3v) is 6.08. The van der Waals surface area contributed by atoms with E-state index >= 15 is 0 Å². The van der Waals surface area contributed by atoms with Crippen LogP contribution in [0, 0.1) is 0 Å². The Morgan fingerprint density at radius 2 is 2.13 bits per heavy atom. The first kappa shape index (κ1) is 20.0. The molecular formula is C21H23F3N6O. The van der Waals surface area contributed by atoms with Gasteiger partial charge in [0.2, 0.25) is 0 Å². The molecule has 1 atom stereocenters. The summed E-state index contributed by atoms with van der Waals surface area (Å²) in [5.41, 5.74) is -0.537. The summed E-state index contributed by atoms with van der Waals surface area (Å²) >= 11 is 0. The van der Waals surface area contributed by atoms with Gasteiger partial charge in [-0.1, -0.05) is 6.07 Å². The molecule has 1 aliphatic carbocycles. The number of nitrogens with zero attached hydrogens (tertiary/aromatic N) is 4. The van der Waals surface area contributed by atoms with Gasteiger partial charge in [0.1, 0.15) is 28.4 Å². The van der Waals surface area contributed by atoms with Crippen LogP contribution in [0.25, 0.3) is 17.0 Å². The van der Waals surface area contributed by atoms with E-state index < -0.39 is 11.6 Å².